The molecule has 30 heavy (non-hydrogen) atoms. The lowest BCUT2D eigenvalue weighted by Crippen LogP contribution is -2.17. The van der Waals surface area contributed by atoms with Crippen LogP contribution in [0, 0.1) is 0 Å². The first-order valence-corrected chi connectivity index (χ1v) is 13.5. The first-order valence-electron chi connectivity index (χ1n) is 8.56. The summed E-state index contributed by atoms with van der Waals surface area (Å²) in [5.41, 5.74) is 1.03. The zero-order valence-corrected chi connectivity index (χ0v) is 19.1. The number of benzene rings is 2. The fourth-order valence-electron chi connectivity index (χ4n) is 2.68. The molecule has 12 heteroatoms. The molecular weight excluding hydrogens is 468 g/mol. The zero-order valence-electron chi connectivity index (χ0n) is 15.9. The SMILES string of the molecule is COc1ccc2nc(S(=O)(=O)CCS(=O)(=O)c3nc4ccc(OC)cc4s3)sc2c1. The molecule has 0 aliphatic carbocycles. The van der Waals surface area contributed by atoms with Crippen molar-refractivity contribution in [1.82, 2.24) is 9.97 Å². The second-order valence-electron chi connectivity index (χ2n) is 6.26. The maximum atomic E-state index is 12.7. The van der Waals surface area contributed by atoms with Gasteiger partial charge in [0.2, 0.25) is 28.4 Å². The van der Waals surface area contributed by atoms with E-state index < -0.39 is 31.2 Å². The molecule has 0 spiro atoms. The summed E-state index contributed by atoms with van der Waals surface area (Å²) in [6.07, 6.45) is 0. The lowest BCUT2D eigenvalue weighted by molar-refractivity contribution is 0.415. The van der Waals surface area contributed by atoms with E-state index in [4.69, 9.17) is 9.47 Å². The molecule has 0 atom stereocenters. The molecule has 4 aromatic rings. The molecular formula is C18H16N2O6S4. The van der Waals surface area contributed by atoms with Gasteiger partial charge in [-0.15, -0.1) is 22.7 Å². The summed E-state index contributed by atoms with van der Waals surface area (Å²) in [6.45, 7) is 0. The Morgan fingerprint density at radius 3 is 1.50 bits per heavy atom. The second-order valence-corrected chi connectivity index (χ2v) is 12.9. The number of hydrogen-bond acceptors (Lipinski definition) is 10. The van der Waals surface area contributed by atoms with Gasteiger partial charge in [-0.25, -0.2) is 26.8 Å². The molecule has 2 aromatic carbocycles. The van der Waals surface area contributed by atoms with E-state index in [2.05, 4.69) is 9.97 Å². The molecule has 0 aliphatic rings. The molecule has 2 heterocycles. The summed E-state index contributed by atoms with van der Waals surface area (Å²) in [7, 11) is -4.73. The number of methoxy groups -OCH3 is 2. The average molecular weight is 485 g/mol. The number of ether oxygens (including phenoxy) is 2. The second kappa shape index (κ2) is 7.76. The first kappa shape index (κ1) is 21.0. The summed E-state index contributed by atoms with van der Waals surface area (Å²) in [4.78, 5) is 8.28. The predicted octanol–water partition coefficient (Wildman–Crippen LogP) is 3.17. The van der Waals surface area contributed by atoms with Crippen LogP contribution in [0.15, 0.2) is 45.1 Å². The minimum absolute atomic E-state index is 0.116. The van der Waals surface area contributed by atoms with E-state index in [1.807, 2.05) is 0 Å². The van der Waals surface area contributed by atoms with Gasteiger partial charge in [0, 0.05) is 0 Å². The lowest BCUT2D eigenvalue weighted by Gasteiger charge is -2.01. The van der Waals surface area contributed by atoms with E-state index >= 15 is 0 Å². The van der Waals surface area contributed by atoms with E-state index in [0.717, 1.165) is 22.7 Å². The van der Waals surface area contributed by atoms with Crippen molar-refractivity contribution in [2.45, 2.75) is 8.68 Å². The van der Waals surface area contributed by atoms with Crippen molar-refractivity contribution >= 4 is 62.8 Å². The number of aromatic nitrogens is 2. The minimum atomic E-state index is -3.88. The van der Waals surface area contributed by atoms with Crippen LogP contribution in [-0.4, -0.2) is 52.5 Å². The topological polar surface area (TPSA) is 113 Å². The van der Waals surface area contributed by atoms with Crippen LogP contribution in [0.25, 0.3) is 20.4 Å². The third kappa shape index (κ3) is 4.00. The van der Waals surface area contributed by atoms with Crippen molar-refractivity contribution in [2.24, 2.45) is 0 Å². The standard InChI is InChI=1S/C18H16N2O6S4/c1-25-11-3-5-13-15(9-11)27-17(19-13)29(21,22)7-8-30(23,24)18-20-14-6-4-12(26-2)10-16(14)28-18/h3-6,9-10H,7-8H2,1-2H3. The maximum absolute atomic E-state index is 12.7. The Bertz CT molecular complexity index is 1340. The molecule has 2 aromatic heterocycles. The van der Waals surface area contributed by atoms with Gasteiger partial charge in [-0.05, 0) is 36.4 Å². The molecule has 0 aliphatic heterocycles. The summed E-state index contributed by atoms with van der Waals surface area (Å²) < 4.78 is 62.2. The summed E-state index contributed by atoms with van der Waals surface area (Å²) in [6, 6.07) is 10.1. The number of fused-ring (bicyclic) bond motifs is 2. The highest BCUT2D eigenvalue weighted by Gasteiger charge is 2.26. The van der Waals surface area contributed by atoms with Crippen molar-refractivity contribution in [1.29, 1.82) is 0 Å². The summed E-state index contributed by atoms with van der Waals surface area (Å²) >= 11 is 1.97. The third-order valence-electron chi connectivity index (χ3n) is 4.30. The Morgan fingerprint density at radius 2 is 1.13 bits per heavy atom. The van der Waals surface area contributed by atoms with Crippen LogP contribution in [0.1, 0.15) is 0 Å². The lowest BCUT2D eigenvalue weighted by atomic mass is 10.3. The first-order chi connectivity index (χ1) is 14.2. The van der Waals surface area contributed by atoms with Crippen LogP contribution in [-0.2, 0) is 19.7 Å². The van der Waals surface area contributed by atoms with Gasteiger partial charge in [-0.1, -0.05) is 0 Å². The number of rotatable bonds is 7. The number of hydrogen-bond donors (Lipinski definition) is 0. The minimum Gasteiger partial charge on any atom is -0.497 e. The van der Waals surface area contributed by atoms with E-state index in [0.29, 0.717) is 31.9 Å². The molecule has 0 amide bonds. The molecule has 0 N–H and O–H groups in total. The molecule has 0 radical (unpaired) electrons. The highest BCUT2D eigenvalue weighted by molar-refractivity contribution is 7.97. The normalized spacial score (nSPS) is 12.5. The van der Waals surface area contributed by atoms with Crippen LogP contribution in [0.3, 0.4) is 0 Å². The quantitative estimate of drug-likeness (QED) is 0.393. The molecule has 0 saturated carbocycles. The van der Waals surface area contributed by atoms with E-state index in [9.17, 15) is 16.8 Å². The highest BCUT2D eigenvalue weighted by atomic mass is 32.2. The van der Waals surface area contributed by atoms with Gasteiger partial charge in [0.05, 0.1) is 46.2 Å². The fraction of sp³-hybridized carbons (Fsp3) is 0.222. The largest absolute Gasteiger partial charge is 0.497 e. The third-order valence-corrected chi connectivity index (χ3v) is 10.9. The summed E-state index contributed by atoms with van der Waals surface area (Å²) in [5.74, 6) is 0.0205. The Morgan fingerprint density at radius 1 is 0.733 bits per heavy atom. The van der Waals surface area contributed by atoms with E-state index in [1.165, 1.54) is 14.2 Å². The van der Waals surface area contributed by atoms with Gasteiger partial charge in [0.15, 0.2) is 0 Å². The van der Waals surface area contributed by atoms with Gasteiger partial charge in [-0.2, -0.15) is 0 Å². The van der Waals surface area contributed by atoms with Gasteiger partial charge in [0.1, 0.15) is 11.5 Å². The van der Waals surface area contributed by atoms with Gasteiger partial charge >= 0.3 is 0 Å². The van der Waals surface area contributed by atoms with E-state index in [1.54, 1.807) is 36.4 Å². The van der Waals surface area contributed by atoms with Crippen LogP contribution in [0.5, 0.6) is 11.5 Å². The predicted molar refractivity (Wildman–Crippen MR) is 116 cm³/mol. The molecule has 158 valence electrons. The summed E-state index contributed by atoms with van der Waals surface area (Å²) in [5, 5.41) is 0. The van der Waals surface area contributed by atoms with Crippen molar-refractivity contribution in [3.05, 3.63) is 36.4 Å². The Balaban J connectivity index is 1.58. The Labute approximate surface area is 181 Å². The van der Waals surface area contributed by atoms with Crippen molar-refractivity contribution in [3.63, 3.8) is 0 Å². The van der Waals surface area contributed by atoms with Crippen LogP contribution in [0.4, 0.5) is 0 Å². The molecule has 8 nitrogen and oxygen atoms in total. The van der Waals surface area contributed by atoms with Crippen LogP contribution < -0.4 is 9.47 Å². The van der Waals surface area contributed by atoms with Crippen LogP contribution >= 0.6 is 22.7 Å². The molecule has 4 rings (SSSR count). The van der Waals surface area contributed by atoms with Crippen molar-refractivity contribution in [2.75, 3.05) is 25.7 Å². The van der Waals surface area contributed by atoms with Crippen LogP contribution in [0.2, 0.25) is 0 Å². The Kier molecular flexibility index (Phi) is 5.43. The van der Waals surface area contributed by atoms with Gasteiger partial charge < -0.3 is 9.47 Å². The average Bonchev–Trinajstić information content (AvgIpc) is 3.36. The molecule has 0 saturated heterocycles. The molecule has 0 bridgehead atoms. The number of nitrogens with zero attached hydrogens (tertiary/aromatic N) is 2. The van der Waals surface area contributed by atoms with Crippen molar-refractivity contribution in [3.8, 4) is 11.5 Å². The van der Waals surface area contributed by atoms with Crippen molar-refractivity contribution < 1.29 is 26.3 Å². The number of thiazole rings is 2. The zero-order chi connectivity index (χ0) is 21.5. The smallest absolute Gasteiger partial charge is 0.210 e. The molecule has 0 unspecified atom stereocenters. The monoisotopic (exact) mass is 484 g/mol. The highest BCUT2D eigenvalue weighted by Crippen LogP contribution is 2.31. The van der Waals surface area contributed by atoms with E-state index in [-0.39, 0.29) is 8.68 Å². The number of sulfone groups is 2. The van der Waals surface area contributed by atoms with Gasteiger partial charge in [0.25, 0.3) is 0 Å². The Hall–Kier alpha value is -2.28. The molecule has 0 fully saturated rings. The maximum Gasteiger partial charge on any atom is 0.210 e. The fourth-order valence-corrected chi connectivity index (χ4v) is 8.77. The van der Waals surface area contributed by atoms with Gasteiger partial charge in [-0.3, -0.25) is 0 Å².